The molecule has 36 heavy (non-hydrogen) atoms. The van der Waals surface area contributed by atoms with Crippen LogP contribution in [0.5, 0.6) is 0 Å². The van der Waals surface area contributed by atoms with E-state index in [0.717, 1.165) is 0 Å². The maximum Gasteiger partial charge on any atom is 0.429 e. The summed E-state index contributed by atoms with van der Waals surface area (Å²) in [7, 11) is -5.19. The number of nitrogens with zero attached hydrogens (tertiary/aromatic N) is 1. The Morgan fingerprint density at radius 1 is 1.17 bits per heavy atom. The summed E-state index contributed by atoms with van der Waals surface area (Å²) in [6.45, 7) is 3.83. The number of benzene rings is 1. The van der Waals surface area contributed by atoms with Crippen LogP contribution < -0.4 is 0 Å². The first kappa shape index (κ1) is 26.4. The summed E-state index contributed by atoms with van der Waals surface area (Å²) < 4.78 is 83.3. The first-order chi connectivity index (χ1) is 16.6. The number of amides is 1. The second-order valence-electron chi connectivity index (χ2n) is 10.1. The molecule has 0 aromatic heterocycles. The molecule has 1 N–H and O–H groups in total. The fourth-order valence-electron chi connectivity index (χ4n) is 6.00. The molecule has 13 heteroatoms. The molecule has 7 unspecified atom stereocenters. The molecule has 0 radical (unpaired) electrons. The van der Waals surface area contributed by atoms with Crippen molar-refractivity contribution in [3.8, 4) is 0 Å². The van der Waals surface area contributed by atoms with E-state index in [-0.39, 0.29) is 18.0 Å². The fraction of sp³-hybridized carbons (Fsp3) is 0.609. The molecule has 0 spiro atoms. The highest BCUT2D eigenvalue weighted by Crippen LogP contribution is 2.60. The lowest BCUT2D eigenvalue weighted by Crippen LogP contribution is -2.54. The van der Waals surface area contributed by atoms with Gasteiger partial charge in [0.2, 0.25) is 11.5 Å². The van der Waals surface area contributed by atoms with Crippen molar-refractivity contribution in [2.75, 3.05) is 5.75 Å². The van der Waals surface area contributed by atoms with E-state index in [2.05, 4.69) is 0 Å². The van der Waals surface area contributed by atoms with Crippen molar-refractivity contribution in [1.29, 1.82) is 0 Å². The van der Waals surface area contributed by atoms with Crippen LogP contribution in [0.2, 0.25) is 0 Å². The molecule has 2 bridgehead atoms. The number of likely N-dealkylation sites (tertiary alicyclic amines) is 1. The van der Waals surface area contributed by atoms with E-state index in [1.165, 1.54) is 17.0 Å². The van der Waals surface area contributed by atoms with Crippen LogP contribution in [0.4, 0.5) is 13.2 Å². The first-order valence-electron chi connectivity index (χ1n) is 11.4. The molecule has 1 aliphatic heterocycles. The van der Waals surface area contributed by atoms with Crippen LogP contribution in [0, 0.1) is 23.7 Å². The molecular formula is C23H26F3NO8S. The van der Waals surface area contributed by atoms with Crippen LogP contribution in [0.25, 0.3) is 0 Å². The molecule has 4 rings (SSSR count). The van der Waals surface area contributed by atoms with E-state index >= 15 is 0 Å². The zero-order valence-corrected chi connectivity index (χ0v) is 20.5. The molecule has 3 aliphatic rings. The molecule has 1 aromatic rings. The molecule has 2 saturated carbocycles. The summed E-state index contributed by atoms with van der Waals surface area (Å²) in [5.41, 5.74) is -3.32. The lowest BCUT2D eigenvalue weighted by atomic mass is 9.78. The van der Waals surface area contributed by atoms with Crippen LogP contribution in [0.15, 0.2) is 30.3 Å². The van der Waals surface area contributed by atoms with Gasteiger partial charge >= 0.3 is 18.1 Å². The Hall–Kier alpha value is -2.67. The van der Waals surface area contributed by atoms with Crippen LogP contribution >= 0.6 is 0 Å². The minimum Gasteiger partial charge on any atom is -0.456 e. The molecule has 9 nitrogen and oxygen atoms in total. The van der Waals surface area contributed by atoms with Gasteiger partial charge in [-0.1, -0.05) is 18.2 Å². The van der Waals surface area contributed by atoms with Gasteiger partial charge in [0, 0.05) is 12.0 Å². The SMILES string of the molecule is CC(C)N1C(=O)C2C3CC(C(OC(=O)c4ccccc4)C31)C2C(=O)OC(C)(CS(=O)(=O)O)C(F)(F)F. The van der Waals surface area contributed by atoms with Gasteiger partial charge in [0.15, 0.2) is 0 Å². The van der Waals surface area contributed by atoms with Crippen molar-refractivity contribution in [2.45, 2.75) is 57.2 Å². The standard InChI is InChI=1S/C23H26F3NO8S/c1-11(2)27-17-13-9-14(18(17)34-20(29)12-7-5-4-6-8-12)16(15(13)19(27)28)21(30)35-22(3,23(24,25)26)10-36(31,32)33/h4-8,11,13-18H,9-10H2,1-3H3,(H,31,32,33). The smallest absolute Gasteiger partial charge is 0.429 e. The normalized spacial score (nSPS) is 31.0. The minimum atomic E-state index is -5.33. The molecule has 2 aliphatic carbocycles. The van der Waals surface area contributed by atoms with Crippen LogP contribution in [-0.2, 0) is 29.2 Å². The molecular weight excluding hydrogens is 507 g/mol. The second-order valence-corrected chi connectivity index (χ2v) is 11.5. The Morgan fingerprint density at radius 2 is 1.78 bits per heavy atom. The fourth-order valence-corrected chi connectivity index (χ4v) is 6.92. The van der Waals surface area contributed by atoms with Crippen molar-refractivity contribution in [3.63, 3.8) is 0 Å². The summed E-state index contributed by atoms with van der Waals surface area (Å²) in [5.74, 6) is -8.09. The second kappa shape index (κ2) is 8.72. The van der Waals surface area contributed by atoms with Crippen molar-refractivity contribution in [3.05, 3.63) is 35.9 Å². The van der Waals surface area contributed by atoms with Crippen LogP contribution in [0.1, 0.15) is 37.6 Å². The van der Waals surface area contributed by atoms with Gasteiger partial charge in [-0.3, -0.25) is 14.1 Å². The maximum atomic E-state index is 13.7. The molecule has 1 amide bonds. The van der Waals surface area contributed by atoms with E-state index in [1.54, 1.807) is 32.0 Å². The average molecular weight is 534 g/mol. The third-order valence-electron chi connectivity index (χ3n) is 7.38. The largest absolute Gasteiger partial charge is 0.456 e. The van der Waals surface area contributed by atoms with Crippen LogP contribution in [0.3, 0.4) is 0 Å². The Labute approximate surface area is 205 Å². The highest BCUT2D eigenvalue weighted by atomic mass is 32.2. The van der Waals surface area contributed by atoms with Gasteiger partial charge in [-0.15, -0.1) is 0 Å². The number of halogens is 3. The van der Waals surface area contributed by atoms with Gasteiger partial charge in [0.25, 0.3) is 10.1 Å². The van der Waals surface area contributed by atoms with Crippen molar-refractivity contribution in [1.82, 2.24) is 4.90 Å². The van der Waals surface area contributed by atoms with E-state index < -0.39 is 81.3 Å². The number of hydrogen-bond donors (Lipinski definition) is 1. The number of carbonyl (C=O) groups is 3. The molecule has 3 fully saturated rings. The Balaban J connectivity index is 1.67. The highest BCUT2D eigenvalue weighted by molar-refractivity contribution is 7.85. The lowest BCUT2D eigenvalue weighted by Gasteiger charge is -2.37. The maximum absolute atomic E-state index is 13.7. The zero-order chi connectivity index (χ0) is 26.8. The molecule has 1 heterocycles. The zero-order valence-electron chi connectivity index (χ0n) is 19.6. The average Bonchev–Trinajstić information content (AvgIpc) is 3.34. The molecule has 198 valence electrons. The summed E-state index contributed by atoms with van der Waals surface area (Å²) in [6, 6.07) is 7.12. The minimum absolute atomic E-state index is 0.231. The number of esters is 2. The molecule has 7 atom stereocenters. The topological polar surface area (TPSA) is 127 Å². The first-order valence-corrected chi connectivity index (χ1v) is 13.0. The number of carbonyl (C=O) groups excluding carboxylic acids is 3. The predicted octanol–water partition coefficient (Wildman–Crippen LogP) is 2.47. The van der Waals surface area contributed by atoms with Gasteiger partial charge in [-0.2, -0.15) is 21.6 Å². The summed E-state index contributed by atoms with van der Waals surface area (Å²) in [4.78, 5) is 40.8. The van der Waals surface area contributed by atoms with Gasteiger partial charge in [0.1, 0.15) is 11.9 Å². The van der Waals surface area contributed by atoms with E-state index in [4.69, 9.17) is 14.0 Å². The number of ether oxygens (including phenoxy) is 2. The van der Waals surface area contributed by atoms with Crippen molar-refractivity contribution >= 4 is 28.0 Å². The van der Waals surface area contributed by atoms with E-state index in [1.807, 2.05) is 0 Å². The third-order valence-corrected chi connectivity index (χ3v) is 8.29. The Kier molecular flexibility index (Phi) is 6.39. The number of alkyl halides is 3. The molecule has 1 saturated heterocycles. The van der Waals surface area contributed by atoms with Gasteiger partial charge in [0.05, 0.1) is 23.4 Å². The highest BCUT2D eigenvalue weighted by Gasteiger charge is 2.72. The van der Waals surface area contributed by atoms with Gasteiger partial charge < -0.3 is 14.4 Å². The van der Waals surface area contributed by atoms with E-state index in [9.17, 15) is 36.0 Å². The van der Waals surface area contributed by atoms with Gasteiger partial charge in [-0.05, 0) is 45.2 Å². The summed E-state index contributed by atoms with van der Waals surface area (Å²) in [5, 5.41) is 0. The van der Waals surface area contributed by atoms with Crippen molar-refractivity contribution < 1.29 is 50.0 Å². The number of hydrogen-bond acceptors (Lipinski definition) is 7. The lowest BCUT2D eigenvalue weighted by molar-refractivity contribution is -0.259. The van der Waals surface area contributed by atoms with Crippen LogP contribution in [-0.4, -0.2) is 71.4 Å². The summed E-state index contributed by atoms with van der Waals surface area (Å²) in [6.07, 6.45) is -6.05. The van der Waals surface area contributed by atoms with Crippen molar-refractivity contribution in [2.24, 2.45) is 23.7 Å². The third kappa shape index (κ3) is 4.36. The molecule has 1 aromatic carbocycles. The summed E-state index contributed by atoms with van der Waals surface area (Å²) >= 11 is 0. The van der Waals surface area contributed by atoms with E-state index in [0.29, 0.717) is 6.92 Å². The predicted molar refractivity (Wildman–Crippen MR) is 117 cm³/mol. The quantitative estimate of drug-likeness (QED) is 0.418. The monoisotopic (exact) mass is 533 g/mol. The van der Waals surface area contributed by atoms with Gasteiger partial charge in [-0.25, -0.2) is 4.79 Å². The Bertz CT molecular complexity index is 1170. The number of fused-ring (bicyclic) bond motifs is 1. The number of rotatable bonds is 7. The Morgan fingerprint density at radius 3 is 2.31 bits per heavy atom.